The zero-order valence-electron chi connectivity index (χ0n) is 14.6. The standard InChI is InChI=1S/C18H21ClN2O5S/c19-15-8-7-12(27(25,26)21-9-3-4-10-21)11-16(15)20-17(22)13-5-1-2-6-14(13)18(23)24/h1-2,7-8,11,13-14H,3-6,9-10H2,(H,20,22)(H,23,24)/t13-,14-/m0/s1. The van der Waals surface area contributed by atoms with E-state index in [1.807, 2.05) is 0 Å². The van der Waals surface area contributed by atoms with Gasteiger partial charge in [-0.2, -0.15) is 4.31 Å². The monoisotopic (exact) mass is 412 g/mol. The van der Waals surface area contributed by atoms with Crippen LogP contribution in [-0.2, 0) is 19.6 Å². The smallest absolute Gasteiger partial charge is 0.307 e. The number of amides is 1. The summed E-state index contributed by atoms with van der Waals surface area (Å²) in [7, 11) is -3.64. The topological polar surface area (TPSA) is 104 Å². The molecule has 1 heterocycles. The number of hydrogen-bond donors (Lipinski definition) is 2. The van der Waals surface area contributed by atoms with Crippen LogP contribution in [0.2, 0.25) is 5.02 Å². The van der Waals surface area contributed by atoms with E-state index in [1.54, 1.807) is 12.2 Å². The largest absolute Gasteiger partial charge is 0.481 e. The van der Waals surface area contributed by atoms with Crippen molar-refractivity contribution in [2.24, 2.45) is 11.8 Å². The summed E-state index contributed by atoms with van der Waals surface area (Å²) in [6.45, 7) is 0.947. The van der Waals surface area contributed by atoms with E-state index < -0.39 is 33.7 Å². The lowest BCUT2D eigenvalue weighted by molar-refractivity contribution is -0.146. The summed E-state index contributed by atoms with van der Waals surface area (Å²) in [6, 6.07) is 4.17. The molecule has 1 aromatic carbocycles. The molecule has 1 fully saturated rings. The number of carboxylic acids is 1. The maximum absolute atomic E-state index is 12.7. The van der Waals surface area contributed by atoms with Gasteiger partial charge in [-0.05, 0) is 43.9 Å². The van der Waals surface area contributed by atoms with E-state index in [1.165, 1.54) is 22.5 Å². The molecule has 9 heteroatoms. The predicted molar refractivity (Wildman–Crippen MR) is 101 cm³/mol. The van der Waals surface area contributed by atoms with E-state index in [9.17, 15) is 23.1 Å². The van der Waals surface area contributed by atoms with E-state index in [0.717, 1.165) is 12.8 Å². The minimum Gasteiger partial charge on any atom is -0.481 e. The van der Waals surface area contributed by atoms with E-state index in [4.69, 9.17) is 11.6 Å². The van der Waals surface area contributed by atoms with Crippen molar-refractivity contribution in [3.63, 3.8) is 0 Å². The highest BCUT2D eigenvalue weighted by Gasteiger charge is 2.34. The average molecular weight is 413 g/mol. The molecule has 1 aliphatic carbocycles. The number of rotatable bonds is 5. The van der Waals surface area contributed by atoms with Crippen LogP contribution in [0.25, 0.3) is 0 Å². The van der Waals surface area contributed by atoms with Crippen LogP contribution in [0.5, 0.6) is 0 Å². The lowest BCUT2D eigenvalue weighted by Gasteiger charge is -2.24. The van der Waals surface area contributed by atoms with Gasteiger partial charge >= 0.3 is 5.97 Å². The predicted octanol–water partition coefficient (Wildman–Crippen LogP) is 2.73. The van der Waals surface area contributed by atoms with Gasteiger partial charge in [-0.1, -0.05) is 23.8 Å². The number of allylic oxidation sites excluding steroid dienone is 2. The van der Waals surface area contributed by atoms with Crippen molar-refractivity contribution in [1.29, 1.82) is 0 Å². The van der Waals surface area contributed by atoms with Gasteiger partial charge in [0.1, 0.15) is 0 Å². The first-order valence-electron chi connectivity index (χ1n) is 8.79. The Morgan fingerprint density at radius 2 is 1.74 bits per heavy atom. The molecule has 2 atom stereocenters. The fourth-order valence-electron chi connectivity index (χ4n) is 3.44. The van der Waals surface area contributed by atoms with Crippen LogP contribution in [0, 0.1) is 11.8 Å². The zero-order chi connectivity index (χ0) is 19.6. The summed E-state index contributed by atoms with van der Waals surface area (Å²) < 4.78 is 26.8. The number of carboxylic acid groups (broad SMARTS) is 1. The summed E-state index contributed by atoms with van der Waals surface area (Å²) in [5.41, 5.74) is 0.167. The van der Waals surface area contributed by atoms with Crippen molar-refractivity contribution < 1.29 is 23.1 Å². The third-order valence-corrected chi connectivity index (χ3v) is 7.21. The number of aliphatic carboxylic acids is 1. The van der Waals surface area contributed by atoms with Crippen LogP contribution in [0.15, 0.2) is 35.2 Å². The normalized spacial score (nSPS) is 23.3. The molecule has 2 N–H and O–H groups in total. The Kier molecular flexibility index (Phi) is 5.88. The number of nitrogens with zero attached hydrogens (tertiary/aromatic N) is 1. The highest BCUT2D eigenvalue weighted by molar-refractivity contribution is 7.89. The van der Waals surface area contributed by atoms with Crippen molar-refractivity contribution in [3.8, 4) is 0 Å². The number of carbonyl (C=O) groups is 2. The Bertz CT molecular complexity index is 878. The van der Waals surface area contributed by atoms with Gasteiger partial charge < -0.3 is 10.4 Å². The van der Waals surface area contributed by atoms with Gasteiger partial charge in [0.05, 0.1) is 27.4 Å². The molecule has 27 heavy (non-hydrogen) atoms. The molecule has 0 bridgehead atoms. The Hall–Kier alpha value is -1.90. The highest BCUT2D eigenvalue weighted by atomic mass is 35.5. The molecule has 1 saturated heterocycles. The molecule has 1 amide bonds. The van der Waals surface area contributed by atoms with Crippen LogP contribution in [-0.4, -0.2) is 42.8 Å². The van der Waals surface area contributed by atoms with Crippen LogP contribution in [0.1, 0.15) is 25.7 Å². The fourth-order valence-corrected chi connectivity index (χ4v) is 5.15. The van der Waals surface area contributed by atoms with Crippen LogP contribution in [0.3, 0.4) is 0 Å². The molecular weight excluding hydrogens is 392 g/mol. The zero-order valence-corrected chi connectivity index (χ0v) is 16.2. The Labute approximate surface area is 163 Å². The van der Waals surface area contributed by atoms with Crippen LogP contribution in [0.4, 0.5) is 5.69 Å². The first-order valence-corrected chi connectivity index (χ1v) is 10.6. The summed E-state index contributed by atoms with van der Waals surface area (Å²) >= 11 is 6.13. The molecule has 1 aromatic rings. The minimum absolute atomic E-state index is 0.0578. The van der Waals surface area contributed by atoms with Gasteiger partial charge in [0, 0.05) is 13.1 Å². The van der Waals surface area contributed by atoms with Gasteiger partial charge in [-0.3, -0.25) is 9.59 Å². The molecule has 146 valence electrons. The van der Waals surface area contributed by atoms with Crippen LogP contribution >= 0.6 is 11.6 Å². The summed E-state index contributed by atoms with van der Waals surface area (Å²) in [5, 5.41) is 12.1. The molecule has 0 saturated carbocycles. The molecule has 3 rings (SSSR count). The fraction of sp³-hybridized carbons (Fsp3) is 0.444. The van der Waals surface area contributed by atoms with Crippen molar-refractivity contribution in [2.45, 2.75) is 30.6 Å². The summed E-state index contributed by atoms with van der Waals surface area (Å²) in [5.74, 6) is -3.06. The molecule has 1 aliphatic heterocycles. The Morgan fingerprint density at radius 3 is 2.37 bits per heavy atom. The average Bonchev–Trinajstić information content (AvgIpc) is 3.19. The van der Waals surface area contributed by atoms with Gasteiger partial charge in [-0.25, -0.2) is 8.42 Å². The number of benzene rings is 1. The SMILES string of the molecule is O=C(O)[C@H]1CC=CC[C@@H]1C(=O)Nc1cc(S(=O)(=O)N2CCCC2)ccc1Cl. The number of carbonyl (C=O) groups excluding carboxylic acids is 1. The number of sulfonamides is 1. The molecule has 7 nitrogen and oxygen atoms in total. The quantitative estimate of drug-likeness (QED) is 0.723. The lowest BCUT2D eigenvalue weighted by Crippen LogP contribution is -2.35. The third kappa shape index (κ3) is 4.17. The Morgan fingerprint density at radius 1 is 1.11 bits per heavy atom. The van der Waals surface area contributed by atoms with Crippen molar-refractivity contribution >= 4 is 39.2 Å². The first kappa shape index (κ1) is 19.9. The van der Waals surface area contributed by atoms with Crippen molar-refractivity contribution in [3.05, 3.63) is 35.4 Å². The van der Waals surface area contributed by atoms with E-state index in [-0.39, 0.29) is 22.0 Å². The Balaban J connectivity index is 1.83. The maximum atomic E-state index is 12.7. The second-order valence-electron chi connectivity index (χ2n) is 6.74. The van der Waals surface area contributed by atoms with E-state index in [0.29, 0.717) is 19.5 Å². The van der Waals surface area contributed by atoms with Crippen LogP contribution < -0.4 is 5.32 Å². The summed E-state index contributed by atoms with van der Waals surface area (Å²) in [4.78, 5) is 24.1. The van der Waals surface area contributed by atoms with Gasteiger partial charge in [0.15, 0.2) is 0 Å². The summed E-state index contributed by atoms with van der Waals surface area (Å²) in [6.07, 6.45) is 5.76. The van der Waals surface area contributed by atoms with Crippen molar-refractivity contribution in [2.75, 3.05) is 18.4 Å². The third-order valence-electron chi connectivity index (χ3n) is 4.98. The molecular formula is C18H21ClN2O5S. The maximum Gasteiger partial charge on any atom is 0.307 e. The second-order valence-corrected chi connectivity index (χ2v) is 9.08. The highest BCUT2D eigenvalue weighted by Crippen LogP contribution is 2.31. The first-order chi connectivity index (χ1) is 12.8. The molecule has 0 spiro atoms. The van der Waals surface area contributed by atoms with E-state index in [2.05, 4.69) is 5.32 Å². The number of hydrogen-bond acceptors (Lipinski definition) is 4. The molecule has 0 radical (unpaired) electrons. The van der Waals surface area contributed by atoms with Gasteiger partial charge in [0.2, 0.25) is 15.9 Å². The second kappa shape index (κ2) is 8.00. The van der Waals surface area contributed by atoms with E-state index >= 15 is 0 Å². The number of halogens is 1. The van der Waals surface area contributed by atoms with Gasteiger partial charge in [0.25, 0.3) is 0 Å². The lowest BCUT2D eigenvalue weighted by atomic mass is 9.82. The molecule has 2 aliphatic rings. The molecule has 0 aromatic heterocycles. The number of anilines is 1. The number of nitrogens with one attached hydrogen (secondary N) is 1. The van der Waals surface area contributed by atoms with Crippen molar-refractivity contribution in [1.82, 2.24) is 4.31 Å². The minimum atomic E-state index is -3.64. The van der Waals surface area contributed by atoms with Gasteiger partial charge in [-0.15, -0.1) is 0 Å². The molecule has 0 unspecified atom stereocenters.